The van der Waals surface area contributed by atoms with E-state index in [9.17, 15) is 5.11 Å². The van der Waals surface area contributed by atoms with Crippen LogP contribution in [0.2, 0.25) is 5.02 Å². The van der Waals surface area contributed by atoms with Crippen molar-refractivity contribution in [2.24, 2.45) is 5.92 Å². The fourth-order valence-electron chi connectivity index (χ4n) is 2.10. The van der Waals surface area contributed by atoms with Gasteiger partial charge in [0.15, 0.2) is 0 Å². The fraction of sp³-hybridized carbons (Fsp3) is 0.600. The molecule has 0 radical (unpaired) electrons. The molecule has 0 aromatic heterocycles. The monoisotopic (exact) mass is 270 g/mol. The van der Waals surface area contributed by atoms with Crippen LogP contribution in [-0.2, 0) is 11.2 Å². The van der Waals surface area contributed by atoms with Gasteiger partial charge in [-0.3, -0.25) is 0 Å². The molecule has 102 valence electrons. The number of ether oxygens (including phenoxy) is 1. The van der Waals surface area contributed by atoms with E-state index in [4.69, 9.17) is 16.3 Å². The van der Waals surface area contributed by atoms with E-state index < -0.39 is 6.10 Å². The highest BCUT2D eigenvalue weighted by atomic mass is 35.5. The zero-order valence-electron chi connectivity index (χ0n) is 11.6. The first-order chi connectivity index (χ1) is 8.45. The maximum absolute atomic E-state index is 10.3. The summed E-state index contributed by atoms with van der Waals surface area (Å²) in [5, 5.41) is 11.0. The van der Waals surface area contributed by atoms with Gasteiger partial charge in [0.1, 0.15) is 0 Å². The number of aryl methyl sites for hydroxylation is 1. The Hall–Kier alpha value is -0.570. The van der Waals surface area contributed by atoms with Crippen molar-refractivity contribution >= 4 is 11.6 Å². The van der Waals surface area contributed by atoms with Gasteiger partial charge in [0.05, 0.1) is 12.2 Å². The van der Waals surface area contributed by atoms with Crippen molar-refractivity contribution in [1.82, 2.24) is 0 Å². The molecule has 0 saturated carbocycles. The number of aliphatic hydroxyl groups is 1. The highest BCUT2D eigenvalue weighted by Gasteiger charge is 2.23. The molecule has 0 heterocycles. The summed E-state index contributed by atoms with van der Waals surface area (Å²) in [5.74, 6) is 0.282. The first kappa shape index (κ1) is 15.5. The Labute approximate surface area is 115 Å². The molecule has 0 fully saturated rings. The molecule has 1 aromatic rings. The molecule has 2 atom stereocenters. The van der Waals surface area contributed by atoms with E-state index >= 15 is 0 Å². The molecule has 0 amide bonds. The smallest absolute Gasteiger partial charge is 0.0859 e. The second-order valence-corrected chi connectivity index (χ2v) is 5.44. The minimum Gasteiger partial charge on any atom is -0.390 e. The van der Waals surface area contributed by atoms with Gasteiger partial charge in [-0.25, -0.2) is 0 Å². The van der Waals surface area contributed by atoms with E-state index in [-0.39, 0.29) is 12.0 Å². The molecular formula is C15H23ClO2. The van der Waals surface area contributed by atoms with Crippen LogP contribution in [0.1, 0.15) is 31.9 Å². The largest absolute Gasteiger partial charge is 0.390 e. The zero-order chi connectivity index (χ0) is 13.7. The summed E-state index contributed by atoms with van der Waals surface area (Å²) in [6.07, 6.45) is -0.139. The lowest BCUT2D eigenvalue weighted by atomic mass is 9.96. The molecule has 1 rings (SSSR count). The average Bonchev–Trinajstić information content (AvgIpc) is 2.29. The molecule has 3 heteroatoms. The molecule has 0 aliphatic rings. The summed E-state index contributed by atoms with van der Waals surface area (Å²) in [6, 6.07) is 5.91. The first-order valence-electron chi connectivity index (χ1n) is 6.50. The molecule has 0 spiro atoms. The molecule has 2 unspecified atom stereocenters. The van der Waals surface area contributed by atoms with Crippen LogP contribution < -0.4 is 0 Å². The highest BCUT2D eigenvalue weighted by molar-refractivity contribution is 6.31. The van der Waals surface area contributed by atoms with Crippen molar-refractivity contribution in [3.63, 3.8) is 0 Å². The van der Waals surface area contributed by atoms with E-state index in [1.165, 1.54) is 0 Å². The number of hydrogen-bond acceptors (Lipinski definition) is 2. The van der Waals surface area contributed by atoms with Gasteiger partial charge in [-0.15, -0.1) is 0 Å². The molecule has 0 saturated heterocycles. The van der Waals surface area contributed by atoms with Crippen LogP contribution in [0.3, 0.4) is 0 Å². The lowest BCUT2D eigenvalue weighted by Gasteiger charge is -2.26. The quantitative estimate of drug-likeness (QED) is 0.856. The summed E-state index contributed by atoms with van der Waals surface area (Å²) >= 11 is 6.18. The second kappa shape index (κ2) is 7.13. The van der Waals surface area contributed by atoms with Gasteiger partial charge in [-0.05, 0) is 37.0 Å². The summed E-state index contributed by atoms with van der Waals surface area (Å²) in [4.78, 5) is 0. The van der Waals surface area contributed by atoms with E-state index in [1.807, 2.05) is 32.0 Å². The van der Waals surface area contributed by atoms with Crippen LogP contribution in [0.5, 0.6) is 0 Å². The lowest BCUT2D eigenvalue weighted by molar-refractivity contribution is -0.0562. The Morgan fingerprint density at radius 3 is 2.50 bits per heavy atom. The van der Waals surface area contributed by atoms with Gasteiger partial charge in [0, 0.05) is 18.1 Å². The molecule has 1 N–H and O–H groups in total. The third-order valence-electron chi connectivity index (χ3n) is 3.03. The third-order valence-corrected chi connectivity index (χ3v) is 3.38. The predicted octanol–water partition coefficient (Wildman–Crippen LogP) is 3.61. The van der Waals surface area contributed by atoms with Gasteiger partial charge in [-0.2, -0.15) is 0 Å². The van der Waals surface area contributed by atoms with Crippen LogP contribution >= 0.6 is 11.6 Å². The molecule has 0 bridgehead atoms. The Bertz CT molecular complexity index is 377. The Kier molecular flexibility index (Phi) is 6.13. The maximum atomic E-state index is 10.3. The van der Waals surface area contributed by atoms with Crippen molar-refractivity contribution in [3.8, 4) is 0 Å². The minimum absolute atomic E-state index is 0.146. The van der Waals surface area contributed by atoms with Crippen LogP contribution in [0.15, 0.2) is 18.2 Å². The Morgan fingerprint density at radius 2 is 2.00 bits per heavy atom. The predicted molar refractivity (Wildman–Crippen MR) is 76.2 cm³/mol. The summed E-state index contributed by atoms with van der Waals surface area (Å²) < 4.78 is 5.61. The van der Waals surface area contributed by atoms with Crippen molar-refractivity contribution < 1.29 is 9.84 Å². The standard InChI is InChI=1S/C15H23ClO2/c1-5-18-15(10(2)3)14(17)9-12-7-6-11(4)8-13(12)16/h6-8,10,14-15,17H,5,9H2,1-4H3. The minimum atomic E-state index is -0.523. The van der Waals surface area contributed by atoms with E-state index in [0.717, 1.165) is 11.1 Å². The third kappa shape index (κ3) is 4.27. The molecule has 18 heavy (non-hydrogen) atoms. The maximum Gasteiger partial charge on any atom is 0.0859 e. The molecule has 0 aliphatic carbocycles. The number of benzene rings is 1. The topological polar surface area (TPSA) is 29.5 Å². The normalized spacial score (nSPS) is 14.8. The van der Waals surface area contributed by atoms with Crippen molar-refractivity contribution in [2.75, 3.05) is 6.61 Å². The summed E-state index contributed by atoms with van der Waals surface area (Å²) in [7, 11) is 0. The molecule has 2 nitrogen and oxygen atoms in total. The van der Waals surface area contributed by atoms with E-state index in [2.05, 4.69) is 13.8 Å². The Morgan fingerprint density at radius 1 is 1.33 bits per heavy atom. The fourth-order valence-corrected chi connectivity index (χ4v) is 2.41. The van der Waals surface area contributed by atoms with Crippen molar-refractivity contribution in [3.05, 3.63) is 34.3 Å². The number of halogens is 1. The number of hydrogen-bond donors (Lipinski definition) is 1. The van der Waals surface area contributed by atoms with Crippen LogP contribution in [0.4, 0.5) is 0 Å². The van der Waals surface area contributed by atoms with Crippen molar-refractivity contribution in [2.45, 2.75) is 46.3 Å². The van der Waals surface area contributed by atoms with Crippen molar-refractivity contribution in [1.29, 1.82) is 0 Å². The summed E-state index contributed by atoms with van der Waals surface area (Å²) in [5.41, 5.74) is 2.10. The number of rotatable bonds is 6. The van der Waals surface area contributed by atoms with Gasteiger partial charge in [-0.1, -0.05) is 37.6 Å². The highest BCUT2D eigenvalue weighted by Crippen LogP contribution is 2.22. The molecule has 1 aromatic carbocycles. The van der Waals surface area contributed by atoms with E-state index in [0.29, 0.717) is 18.1 Å². The molecular weight excluding hydrogens is 248 g/mol. The zero-order valence-corrected chi connectivity index (χ0v) is 12.4. The van der Waals surface area contributed by atoms with Crippen LogP contribution in [0.25, 0.3) is 0 Å². The lowest BCUT2D eigenvalue weighted by Crippen LogP contribution is -2.35. The Balaban J connectivity index is 2.75. The van der Waals surface area contributed by atoms with Gasteiger partial charge >= 0.3 is 0 Å². The molecule has 0 aliphatic heterocycles. The SMILES string of the molecule is CCOC(C(C)C)C(O)Cc1ccc(C)cc1Cl. The first-order valence-corrected chi connectivity index (χ1v) is 6.88. The van der Waals surface area contributed by atoms with Crippen LogP contribution in [-0.4, -0.2) is 23.9 Å². The number of aliphatic hydroxyl groups excluding tert-OH is 1. The van der Waals surface area contributed by atoms with Gasteiger partial charge in [0.2, 0.25) is 0 Å². The second-order valence-electron chi connectivity index (χ2n) is 5.03. The van der Waals surface area contributed by atoms with Gasteiger partial charge in [0.25, 0.3) is 0 Å². The summed E-state index contributed by atoms with van der Waals surface area (Å²) in [6.45, 7) is 8.67. The van der Waals surface area contributed by atoms with Gasteiger partial charge < -0.3 is 9.84 Å². The van der Waals surface area contributed by atoms with E-state index in [1.54, 1.807) is 0 Å². The van der Waals surface area contributed by atoms with Crippen LogP contribution in [0, 0.1) is 12.8 Å². The average molecular weight is 271 g/mol.